The maximum Gasteiger partial charge on any atom is 0.0465 e. The molecule has 0 fully saturated rings. The number of rotatable bonds is 4. The molecule has 0 unspecified atom stereocenters. The molecule has 0 atom stereocenters. The van der Waals surface area contributed by atoms with Crippen LogP contribution in [0, 0.1) is 0 Å². The quantitative estimate of drug-likeness (QED) is 0.611. The van der Waals surface area contributed by atoms with E-state index >= 15 is 0 Å². The lowest BCUT2D eigenvalue weighted by atomic mass is 10.0. The van der Waals surface area contributed by atoms with Gasteiger partial charge in [-0.3, -0.25) is 4.99 Å². The predicted molar refractivity (Wildman–Crippen MR) is 56.4 cm³/mol. The summed E-state index contributed by atoms with van der Waals surface area (Å²) in [4.78, 5) is 4.51. The summed E-state index contributed by atoms with van der Waals surface area (Å²) >= 11 is 0. The summed E-state index contributed by atoms with van der Waals surface area (Å²) in [7, 11) is 1.75. The molecule has 0 aromatic heterocycles. The largest absolute Gasteiger partial charge is 0.385 e. The minimum absolute atomic E-state index is 0.842. The molecule has 2 heteroatoms. The molecule has 0 bridgehead atoms. The van der Waals surface area contributed by atoms with Gasteiger partial charge in [-0.2, -0.15) is 0 Å². The van der Waals surface area contributed by atoms with Gasteiger partial charge < -0.3 is 4.74 Å². The van der Waals surface area contributed by atoms with Crippen LogP contribution in [-0.4, -0.2) is 26.0 Å². The molecule has 0 N–H and O–H groups in total. The molecule has 0 amide bonds. The van der Waals surface area contributed by atoms with Gasteiger partial charge in [0, 0.05) is 26.0 Å². The number of aliphatic imine (C=N–C) groups is 1. The van der Waals surface area contributed by atoms with Crippen molar-refractivity contribution in [2.45, 2.75) is 33.1 Å². The molecule has 0 saturated heterocycles. The van der Waals surface area contributed by atoms with Crippen molar-refractivity contribution in [1.29, 1.82) is 0 Å². The third kappa shape index (κ3) is 2.96. The standard InChI is InChI=1S/C11H19NO/c1-9(2)10-6-7-12-11(10)5-4-8-13-3/h4-8H2,1-3H3. The molecular formula is C11H19NO. The summed E-state index contributed by atoms with van der Waals surface area (Å²) in [6.07, 6.45) is 3.31. The van der Waals surface area contributed by atoms with Crippen LogP contribution >= 0.6 is 0 Å². The Morgan fingerprint density at radius 1 is 1.46 bits per heavy atom. The van der Waals surface area contributed by atoms with E-state index in [4.69, 9.17) is 4.74 Å². The molecule has 1 rings (SSSR count). The second-order valence-corrected chi connectivity index (χ2v) is 3.65. The minimum atomic E-state index is 0.842. The summed E-state index contributed by atoms with van der Waals surface area (Å²) in [5.74, 6) is 0. The van der Waals surface area contributed by atoms with Crippen molar-refractivity contribution in [3.63, 3.8) is 0 Å². The van der Waals surface area contributed by atoms with Crippen molar-refractivity contribution in [3.05, 3.63) is 11.1 Å². The van der Waals surface area contributed by atoms with E-state index in [9.17, 15) is 0 Å². The van der Waals surface area contributed by atoms with Crippen LogP contribution in [0.15, 0.2) is 16.1 Å². The molecule has 0 aromatic rings. The summed E-state index contributed by atoms with van der Waals surface area (Å²) < 4.78 is 5.03. The molecule has 1 aliphatic rings. The van der Waals surface area contributed by atoms with Crippen molar-refractivity contribution >= 4 is 5.71 Å². The van der Waals surface area contributed by atoms with Gasteiger partial charge in [0.2, 0.25) is 0 Å². The average molecular weight is 181 g/mol. The average Bonchev–Trinajstić information content (AvgIpc) is 2.53. The van der Waals surface area contributed by atoms with Crippen molar-refractivity contribution in [1.82, 2.24) is 0 Å². The fourth-order valence-corrected chi connectivity index (χ4v) is 1.69. The van der Waals surface area contributed by atoms with E-state index in [2.05, 4.69) is 18.8 Å². The van der Waals surface area contributed by atoms with Crippen LogP contribution in [0.1, 0.15) is 33.1 Å². The zero-order chi connectivity index (χ0) is 9.68. The van der Waals surface area contributed by atoms with Gasteiger partial charge in [-0.15, -0.1) is 0 Å². The molecular weight excluding hydrogens is 162 g/mol. The molecule has 74 valence electrons. The Labute approximate surface area is 80.7 Å². The zero-order valence-corrected chi connectivity index (χ0v) is 8.89. The Morgan fingerprint density at radius 3 is 2.85 bits per heavy atom. The van der Waals surface area contributed by atoms with Gasteiger partial charge in [-0.1, -0.05) is 5.57 Å². The van der Waals surface area contributed by atoms with Crippen LogP contribution in [0.25, 0.3) is 0 Å². The second-order valence-electron chi connectivity index (χ2n) is 3.65. The molecule has 2 nitrogen and oxygen atoms in total. The Kier molecular flexibility index (Phi) is 4.16. The zero-order valence-electron chi connectivity index (χ0n) is 8.89. The van der Waals surface area contributed by atoms with Gasteiger partial charge >= 0.3 is 0 Å². The van der Waals surface area contributed by atoms with E-state index in [1.165, 1.54) is 16.9 Å². The highest BCUT2D eigenvalue weighted by Gasteiger charge is 2.13. The fraction of sp³-hybridized carbons (Fsp3) is 0.727. The molecule has 13 heavy (non-hydrogen) atoms. The first-order valence-electron chi connectivity index (χ1n) is 4.94. The normalized spacial score (nSPS) is 16.2. The van der Waals surface area contributed by atoms with Crippen molar-refractivity contribution in [3.8, 4) is 0 Å². The third-order valence-corrected chi connectivity index (χ3v) is 2.38. The molecule has 1 aliphatic heterocycles. The Balaban J connectivity index is 2.45. The summed E-state index contributed by atoms with van der Waals surface area (Å²) in [5.41, 5.74) is 4.22. The van der Waals surface area contributed by atoms with Gasteiger partial charge in [0.25, 0.3) is 0 Å². The lowest BCUT2D eigenvalue weighted by Gasteiger charge is -2.05. The summed E-state index contributed by atoms with van der Waals surface area (Å²) in [6, 6.07) is 0. The lowest BCUT2D eigenvalue weighted by molar-refractivity contribution is 0.197. The van der Waals surface area contributed by atoms with Gasteiger partial charge in [-0.05, 0) is 38.7 Å². The van der Waals surface area contributed by atoms with E-state index in [0.717, 1.165) is 32.4 Å². The third-order valence-electron chi connectivity index (χ3n) is 2.38. The van der Waals surface area contributed by atoms with Crippen LogP contribution in [-0.2, 0) is 4.74 Å². The van der Waals surface area contributed by atoms with Crippen LogP contribution in [0.2, 0.25) is 0 Å². The minimum Gasteiger partial charge on any atom is -0.385 e. The smallest absolute Gasteiger partial charge is 0.0465 e. The molecule has 0 saturated carbocycles. The first kappa shape index (κ1) is 10.5. The van der Waals surface area contributed by atoms with Gasteiger partial charge in [0.05, 0.1) is 0 Å². The Morgan fingerprint density at radius 2 is 2.23 bits per heavy atom. The highest BCUT2D eigenvalue weighted by molar-refractivity contribution is 6.02. The molecule has 0 aromatic carbocycles. The van der Waals surface area contributed by atoms with Crippen molar-refractivity contribution in [2.75, 3.05) is 20.3 Å². The predicted octanol–water partition coefficient (Wildman–Crippen LogP) is 2.59. The maximum absolute atomic E-state index is 5.03. The highest BCUT2D eigenvalue weighted by Crippen LogP contribution is 2.19. The topological polar surface area (TPSA) is 21.6 Å². The molecule has 0 spiro atoms. The lowest BCUT2D eigenvalue weighted by Crippen LogP contribution is -2.01. The molecule has 0 aliphatic carbocycles. The Hall–Kier alpha value is -0.630. The maximum atomic E-state index is 5.03. The van der Waals surface area contributed by atoms with E-state index in [-0.39, 0.29) is 0 Å². The second kappa shape index (κ2) is 5.18. The molecule has 1 heterocycles. The number of nitrogens with zero attached hydrogens (tertiary/aromatic N) is 1. The van der Waals surface area contributed by atoms with Gasteiger partial charge in [0.15, 0.2) is 0 Å². The van der Waals surface area contributed by atoms with Crippen LogP contribution in [0.4, 0.5) is 0 Å². The Bertz CT molecular complexity index is 224. The van der Waals surface area contributed by atoms with E-state index in [0.29, 0.717) is 0 Å². The van der Waals surface area contributed by atoms with Crippen LogP contribution in [0.3, 0.4) is 0 Å². The fourth-order valence-electron chi connectivity index (χ4n) is 1.69. The number of methoxy groups -OCH3 is 1. The van der Waals surface area contributed by atoms with Gasteiger partial charge in [0.1, 0.15) is 0 Å². The van der Waals surface area contributed by atoms with E-state index in [1.54, 1.807) is 7.11 Å². The monoisotopic (exact) mass is 181 g/mol. The summed E-state index contributed by atoms with van der Waals surface area (Å²) in [5, 5.41) is 0. The molecule has 0 radical (unpaired) electrons. The highest BCUT2D eigenvalue weighted by atomic mass is 16.5. The van der Waals surface area contributed by atoms with Crippen molar-refractivity contribution in [2.24, 2.45) is 4.99 Å². The first-order chi connectivity index (χ1) is 6.25. The van der Waals surface area contributed by atoms with Crippen LogP contribution in [0.5, 0.6) is 0 Å². The first-order valence-corrected chi connectivity index (χ1v) is 4.94. The SMILES string of the molecule is COCCCC1=NCCC1=C(C)C. The number of hydrogen-bond donors (Lipinski definition) is 0. The van der Waals surface area contributed by atoms with Crippen molar-refractivity contribution < 1.29 is 4.74 Å². The number of ether oxygens (including phenoxy) is 1. The number of hydrogen-bond acceptors (Lipinski definition) is 2. The van der Waals surface area contributed by atoms with E-state index < -0.39 is 0 Å². The summed E-state index contributed by atoms with van der Waals surface area (Å²) in [6.45, 7) is 6.18. The van der Waals surface area contributed by atoms with Crippen LogP contribution < -0.4 is 0 Å². The number of allylic oxidation sites excluding steroid dienone is 1. The van der Waals surface area contributed by atoms with E-state index in [1.807, 2.05) is 0 Å². The van der Waals surface area contributed by atoms with Gasteiger partial charge in [-0.25, -0.2) is 0 Å².